The molecule has 0 saturated heterocycles. The molecule has 2 aromatic carbocycles. The molecule has 4 nitrogen and oxygen atoms in total. The molecule has 0 aliphatic rings. The predicted octanol–water partition coefficient (Wildman–Crippen LogP) is 4.81. The van der Waals surface area contributed by atoms with Gasteiger partial charge < -0.3 is 4.74 Å². The maximum absolute atomic E-state index is 12.4. The lowest BCUT2D eigenvalue weighted by molar-refractivity contribution is 0.0723. The summed E-state index contributed by atoms with van der Waals surface area (Å²) in [7, 11) is 0. The topological polar surface area (TPSA) is 44.1 Å². The van der Waals surface area contributed by atoms with Gasteiger partial charge in [-0.3, -0.25) is 0 Å². The van der Waals surface area contributed by atoms with Gasteiger partial charge >= 0.3 is 5.97 Å². The smallest absolute Gasteiger partial charge is 0.344 e. The quantitative estimate of drug-likeness (QED) is 0.593. The number of aromatic nitrogens is 2. The van der Waals surface area contributed by atoms with E-state index in [9.17, 15) is 4.79 Å². The highest BCUT2D eigenvalue weighted by atomic mass is 79.9. The summed E-state index contributed by atoms with van der Waals surface area (Å²) in [6, 6.07) is 18.6. The first kappa shape index (κ1) is 16.5. The van der Waals surface area contributed by atoms with Crippen molar-refractivity contribution in [2.75, 3.05) is 0 Å². The second kappa shape index (κ2) is 7.45. The van der Waals surface area contributed by atoms with E-state index >= 15 is 0 Å². The number of aryl methyl sites for hydroxylation is 1. The summed E-state index contributed by atoms with van der Waals surface area (Å²) in [4.78, 5) is 12.4. The molecule has 0 saturated carbocycles. The molecule has 5 heteroatoms. The van der Waals surface area contributed by atoms with E-state index < -0.39 is 5.97 Å². The Balaban J connectivity index is 1.93. The van der Waals surface area contributed by atoms with Gasteiger partial charge in [-0.2, -0.15) is 5.10 Å². The first-order valence-electron chi connectivity index (χ1n) is 7.79. The van der Waals surface area contributed by atoms with Crippen LogP contribution in [0, 0.1) is 0 Å². The van der Waals surface area contributed by atoms with Crippen molar-refractivity contribution >= 4 is 21.9 Å². The third-order valence-corrected chi connectivity index (χ3v) is 3.99. The minimum atomic E-state index is -0.406. The van der Waals surface area contributed by atoms with Gasteiger partial charge in [0.2, 0.25) is 5.88 Å². The van der Waals surface area contributed by atoms with Gasteiger partial charge in [0.25, 0.3) is 0 Å². The van der Waals surface area contributed by atoms with Gasteiger partial charge in [0.05, 0.1) is 16.9 Å². The van der Waals surface area contributed by atoms with Crippen molar-refractivity contribution in [2.45, 2.75) is 19.8 Å². The monoisotopic (exact) mass is 384 g/mol. The Labute approximate surface area is 149 Å². The van der Waals surface area contributed by atoms with Crippen LogP contribution in [0.15, 0.2) is 65.1 Å². The van der Waals surface area contributed by atoms with Crippen molar-refractivity contribution in [3.63, 3.8) is 0 Å². The van der Waals surface area contributed by atoms with Crippen LogP contribution in [-0.2, 0) is 6.42 Å². The second-order valence-corrected chi connectivity index (χ2v) is 6.29. The van der Waals surface area contributed by atoms with Gasteiger partial charge in [-0.1, -0.05) is 53.5 Å². The lowest BCUT2D eigenvalue weighted by atomic mass is 10.2. The minimum absolute atomic E-state index is 0.406. The highest BCUT2D eigenvalue weighted by Gasteiger charge is 2.16. The molecule has 1 heterocycles. The SMILES string of the molecule is CCCc1cc(OC(=O)c2cccc(Br)c2)n(-c2ccccc2)n1. The molecule has 0 radical (unpaired) electrons. The average molecular weight is 385 g/mol. The predicted molar refractivity (Wildman–Crippen MR) is 96.7 cm³/mol. The number of halogens is 1. The first-order valence-corrected chi connectivity index (χ1v) is 8.59. The van der Waals surface area contributed by atoms with Crippen molar-refractivity contribution in [1.29, 1.82) is 0 Å². The summed E-state index contributed by atoms with van der Waals surface area (Å²) >= 11 is 3.37. The summed E-state index contributed by atoms with van der Waals surface area (Å²) in [5.41, 5.74) is 2.25. The van der Waals surface area contributed by atoms with E-state index in [2.05, 4.69) is 28.0 Å². The summed E-state index contributed by atoms with van der Waals surface area (Å²) in [5.74, 6) is 0.0195. The number of hydrogen-bond acceptors (Lipinski definition) is 3. The molecule has 3 rings (SSSR count). The molecule has 0 atom stereocenters. The zero-order valence-corrected chi connectivity index (χ0v) is 14.9. The third kappa shape index (κ3) is 3.74. The van der Waals surface area contributed by atoms with E-state index in [1.165, 1.54) is 0 Å². The standard InChI is InChI=1S/C19H17BrN2O2/c1-2-7-16-13-18(22(21-16)17-10-4-3-5-11-17)24-19(23)14-8-6-9-15(20)12-14/h3-6,8-13H,2,7H2,1H3. The summed E-state index contributed by atoms with van der Waals surface area (Å²) in [6.45, 7) is 2.09. The Bertz CT molecular complexity index is 844. The van der Waals surface area contributed by atoms with E-state index in [1.807, 2.05) is 42.5 Å². The fourth-order valence-electron chi connectivity index (χ4n) is 2.38. The Kier molecular flexibility index (Phi) is 5.11. The zero-order chi connectivity index (χ0) is 16.9. The lowest BCUT2D eigenvalue weighted by Crippen LogP contribution is -2.11. The van der Waals surface area contributed by atoms with Gasteiger partial charge in [0.1, 0.15) is 0 Å². The molecule has 3 aromatic rings. The number of carbonyl (C=O) groups is 1. The molecule has 0 bridgehead atoms. The molecule has 24 heavy (non-hydrogen) atoms. The normalized spacial score (nSPS) is 10.6. The molecular weight excluding hydrogens is 368 g/mol. The molecule has 0 amide bonds. The van der Waals surface area contributed by atoms with Crippen molar-refractivity contribution < 1.29 is 9.53 Å². The van der Waals surface area contributed by atoms with Crippen LogP contribution in [0.25, 0.3) is 5.69 Å². The molecular formula is C19H17BrN2O2. The van der Waals surface area contributed by atoms with Gasteiger partial charge in [-0.05, 0) is 36.8 Å². The number of rotatable bonds is 5. The molecule has 0 fully saturated rings. The molecule has 122 valence electrons. The maximum atomic E-state index is 12.4. The fourth-order valence-corrected chi connectivity index (χ4v) is 2.78. The number of ether oxygens (including phenoxy) is 1. The van der Waals surface area contributed by atoms with Gasteiger partial charge in [-0.15, -0.1) is 0 Å². The Morgan fingerprint density at radius 3 is 2.62 bits per heavy atom. The molecule has 1 aromatic heterocycles. The molecule has 0 N–H and O–H groups in total. The van der Waals surface area contributed by atoms with Crippen molar-refractivity contribution in [2.24, 2.45) is 0 Å². The van der Waals surface area contributed by atoms with E-state index in [0.717, 1.165) is 28.7 Å². The largest absolute Gasteiger partial charge is 0.404 e. The van der Waals surface area contributed by atoms with Gasteiger partial charge in [0.15, 0.2) is 0 Å². The van der Waals surface area contributed by atoms with Crippen LogP contribution in [0.1, 0.15) is 29.4 Å². The van der Waals surface area contributed by atoms with Crippen LogP contribution < -0.4 is 4.74 Å². The average Bonchev–Trinajstić information content (AvgIpc) is 2.98. The van der Waals surface area contributed by atoms with Crippen LogP contribution in [0.4, 0.5) is 0 Å². The highest BCUT2D eigenvalue weighted by Crippen LogP contribution is 2.22. The maximum Gasteiger partial charge on any atom is 0.344 e. The van der Waals surface area contributed by atoms with Crippen molar-refractivity contribution in [1.82, 2.24) is 9.78 Å². The summed E-state index contributed by atoms with van der Waals surface area (Å²) in [6.07, 6.45) is 1.81. The first-order chi connectivity index (χ1) is 11.7. The number of benzene rings is 2. The van der Waals surface area contributed by atoms with Gasteiger partial charge in [-0.25, -0.2) is 9.48 Å². The molecule has 0 spiro atoms. The molecule has 0 aliphatic carbocycles. The fraction of sp³-hybridized carbons (Fsp3) is 0.158. The van der Waals surface area contributed by atoms with E-state index in [4.69, 9.17) is 4.74 Å². The van der Waals surface area contributed by atoms with Crippen LogP contribution in [-0.4, -0.2) is 15.7 Å². The number of carbonyl (C=O) groups excluding carboxylic acids is 1. The zero-order valence-electron chi connectivity index (χ0n) is 13.3. The Morgan fingerprint density at radius 1 is 1.12 bits per heavy atom. The Hall–Kier alpha value is -2.40. The molecule has 0 unspecified atom stereocenters. The van der Waals surface area contributed by atoms with Crippen LogP contribution in [0.3, 0.4) is 0 Å². The van der Waals surface area contributed by atoms with Crippen molar-refractivity contribution in [3.8, 4) is 11.6 Å². The van der Waals surface area contributed by atoms with Gasteiger partial charge in [0, 0.05) is 10.5 Å². The van der Waals surface area contributed by atoms with Crippen molar-refractivity contribution in [3.05, 3.63) is 76.4 Å². The summed E-state index contributed by atoms with van der Waals surface area (Å²) < 4.78 is 8.11. The third-order valence-electron chi connectivity index (χ3n) is 3.49. The van der Waals surface area contributed by atoms with E-state index in [-0.39, 0.29) is 0 Å². The van der Waals surface area contributed by atoms with Crippen LogP contribution in [0.5, 0.6) is 5.88 Å². The number of para-hydroxylation sites is 1. The van der Waals surface area contributed by atoms with E-state index in [1.54, 1.807) is 22.9 Å². The summed E-state index contributed by atoms with van der Waals surface area (Å²) in [5, 5.41) is 4.56. The minimum Gasteiger partial charge on any atom is -0.404 e. The van der Waals surface area contributed by atoms with E-state index in [0.29, 0.717) is 11.4 Å². The number of esters is 1. The lowest BCUT2D eigenvalue weighted by Gasteiger charge is -2.08. The van der Waals surface area contributed by atoms with Crippen LogP contribution >= 0.6 is 15.9 Å². The van der Waals surface area contributed by atoms with Crippen LogP contribution in [0.2, 0.25) is 0 Å². The second-order valence-electron chi connectivity index (χ2n) is 5.37. The highest BCUT2D eigenvalue weighted by molar-refractivity contribution is 9.10. The number of nitrogens with zero attached hydrogens (tertiary/aromatic N) is 2. The molecule has 0 aliphatic heterocycles. The Morgan fingerprint density at radius 2 is 1.92 bits per heavy atom. The number of hydrogen-bond donors (Lipinski definition) is 0.